The monoisotopic (exact) mass is 327 g/mol. The lowest BCUT2D eigenvalue weighted by atomic mass is 10.2. The van der Waals surface area contributed by atoms with Crippen molar-refractivity contribution < 1.29 is 10.2 Å². The number of aliphatic hydroxyl groups is 1. The van der Waals surface area contributed by atoms with Crippen molar-refractivity contribution in [2.45, 2.75) is 19.6 Å². The first kappa shape index (κ1) is 16.2. The predicted octanol–water partition coefficient (Wildman–Crippen LogP) is 1.23. The van der Waals surface area contributed by atoms with Crippen LogP contribution in [0.3, 0.4) is 0 Å². The number of nitrogens with zero attached hydrogens (tertiary/aromatic N) is 3. The van der Waals surface area contributed by atoms with E-state index >= 15 is 0 Å². The Hall–Kier alpha value is -2.64. The highest BCUT2D eigenvalue weighted by atomic mass is 16.3. The topological polar surface area (TPSA) is 109 Å². The first-order valence-electron chi connectivity index (χ1n) is 7.81. The Labute approximate surface area is 139 Å². The molecule has 0 bridgehead atoms. The fourth-order valence-corrected chi connectivity index (χ4v) is 2.53. The number of anilines is 1. The summed E-state index contributed by atoms with van der Waals surface area (Å²) in [6.45, 7) is 2.72. The minimum Gasteiger partial charge on any atom is -0.506 e. The fourth-order valence-electron chi connectivity index (χ4n) is 2.53. The number of benzene rings is 1. The lowest BCUT2D eigenvalue weighted by Crippen LogP contribution is -2.28. The van der Waals surface area contributed by atoms with Gasteiger partial charge < -0.3 is 25.8 Å². The third kappa shape index (κ3) is 3.32. The highest BCUT2D eigenvalue weighted by Crippen LogP contribution is 2.23. The van der Waals surface area contributed by atoms with Crippen LogP contribution in [0, 0.1) is 6.92 Å². The van der Waals surface area contributed by atoms with E-state index < -0.39 is 6.10 Å². The van der Waals surface area contributed by atoms with E-state index in [1.165, 1.54) is 0 Å². The summed E-state index contributed by atoms with van der Waals surface area (Å²) in [5.74, 6) is 0.748. The molecule has 5 N–H and O–H groups in total. The average molecular weight is 327 g/mol. The summed E-state index contributed by atoms with van der Waals surface area (Å²) < 4.78 is 1.93. The number of aromatic hydroxyl groups is 1. The van der Waals surface area contributed by atoms with Gasteiger partial charge in [-0.1, -0.05) is 12.1 Å². The lowest BCUT2D eigenvalue weighted by molar-refractivity contribution is 0.195. The molecule has 0 aliphatic carbocycles. The van der Waals surface area contributed by atoms with E-state index in [0.717, 1.165) is 16.7 Å². The van der Waals surface area contributed by atoms with Crippen LogP contribution in [0.4, 0.5) is 5.95 Å². The van der Waals surface area contributed by atoms with Crippen molar-refractivity contribution in [2.24, 2.45) is 5.73 Å². The van der Waals surface area contributed by atoms with Crippen LogP contribution in [0.2, 0.25) is 0 Å². The average Bonchev–Trinajstić information content (AvgIpc) is 2.93. The number of rotatable bonds is 6. The minimum atomic E-state index is -0.649. The molecule has 3 aromatic rings. The van der Waals surface area contributed by atoms with Crippen molar-refractivity contribution in [2.75, 3.05) is 18.4 Å². The van der Waals surface area contributed by atoms with Crippen molar-refractivity contribution in [3.8, 4) is 5.75 Å². The van der Waals surface area contributed by atoms with Gasteiger partial charge in [-0.25, -0.2) is 4.98 Å². The molecule has 0 saturated heterocycles. The zero-order valence-electron chi connectivity index (χ0n) is 13.5. The zero-order valence-corrected chi connectivity index (χ0v) is 13.5. The Kier molecular flexibility index (Phi) is 4.64. The third-order valence-corrected chi connectivity index (χ3v) is 3.82. The van der Waals surface area contributed by atoms with Crippen molar-refractivity contribution in [1.29, 1.82) is 0 Å². The molecule has 0 amide bonds. The molecule has 1 aromatic carbocycles. The van der Waals surface area contributed by atoms with E-state index in [1.807, 2.05) is 35.8 Å². The predicted molar refractivity (Wildman–Crippen MR) is 93.0 cm³/mol. The summed E-state index contributed by atoms with van der Waals surface area (Å²) in [6.07, 6.45) is -0.649. The van der Waals surface area contributed by atoms with E-state index in [9.17, 15) is 10.2 Å². The summed E-state index contributed by atoms with van der Waals surface area (Å²) in [7, 11) is 0. The second-order valence-corrected chi connectivity index (χ2v) is 5.70. The second kappa shape index (κ2) is 6.86. The molecular formula is C17H21N5O2. The maximum absolute atomic E-state index is 10.1. The number of hydrogen-bond acceptors (Lipinski definition) is 6. The quantitative estimate of drug-likeness (QED) is 0.542. The van der Waals surface area contributed by atoms with Crippen molar-refractivity contribution in [3.63, 3.8) is 0 Å². The summed E-state index contributed by atoms with van der Waals surface area (Å²) in [5, 5.41) is 22.9. The van der Waals surface area contributed by atoms with Gasteiger partial charge in [0.15, 0.2) is 0 Å². The molecule has 1 atom stereocenters. The number of nitrogens with two attached hydrogens (primary N) is 1. The molecule has 0 aliphatic rings. The molecule has 7 heteroatoms. The zero-order chi connectivity index (χ0) is 17.1. The van der Waals surface area contributed by atoms with E-state index in [4.69, 9.17) is 5.73 Å². The minimum absolute atomic E-state index is 0.145. The number of fused-ring (bicyclic) bond motifs is 1. The Morgan fingerprint density at radius 1 is 1.21 bits per heavy atom. The van der Waals surface area contributed by atoms with Gasteiger partial charge >= 0.3 is 0 Å². The maximum atomic E-state index is 10.1. The number of para-hydroxylation sites is 2. The summed E-state index contributed by atoms with van der Waals surface area (Å²) in [4.78, 5) is 8.97. The molecule has 0 fully saturated rings. The molecule has 3 rings (SSSR count). The van der Waals surface area contributed by atoms with Crippen molar-refractivity contribution >= 4 is 17.0 Å². The van der Waals surface area contributed by atoms with Crippen LogP contribution < -0.4 is 11.1 Å². The van der Waals surface area contributed by atoms with Crippen LogP contribution in [0.1, 0.15) is 11.4 Å². The number of aliphatic hydroxyl groups excluding tert-OH is 1. The van der Waals surface area contributed by atoms with Crippen LogP contribution >= 0.6 is 0 Å². The van der Waals surface area contributed by atoms with Crippen molar-refractivity contribution in [3.05, 3.63) is 47.8 Å². The second-order valence-electron chi connectivity index (χ2n) is 5.70. The van der Waals surface area contributed by atoms with Gasteiger partial charge in [0.2, 0.25) is 5.95 Å². The highest BCUT2D eigenvalue weighted by Gasteiger charge is 2.14. The smallest absolute Gasteiger partial charge is 0.204 e. The standard InChI is InChI=1S/C17H21N5O2/c1-11-6-7-16(24)14(20-11)10-22-15-5-3-2-4-13(15)21-17(22)19-9-12(23)8-18/h2-7,12,23-24H,8-10,18H2,1H3,(H,19,21). The molecule has 0 radical (unpaired) electrons. The Balaban J connectivity index is 1.99. The van der Waals surface area contributed by atoms with Gasteiger partial charge in [0.25, 0.3) is 0 Å². The number of pyridine rings is 1. The van der Waals surface area contributed by atoms with Crippen LogP contribution in [0.5, 0.6) is 5.75 Å². The number of aryl methyl sites for hydroxylation is 1. The summed E-state index contributed by atoms with van der Waals surface area (Å²) in [5.41, 5.74) is 8.60. The first-order chi connectivity index (χ1) is 11.6. The van der Waals surface area contributed by atoms with Crippen molar-refractivity contribution in [1.82, 2.24) is 14.5 Å². The Morgan fingerprint density at radius 3 is 2.79 bits per heavy atom. The van der Waals surface area contributed by atoms with Gasteiger partial charge in [0.05, 0.1) is 23.7 Å². The summed E-state index contributed by atoms with van der Waals surface area (Å²) >= 11 is 0. The van der Waals surface area contributed by atoms with Crippen LogP contribution in [0.25, 0.3) is 11.0 Å². The molecule has 7 nitrogen and oxygen atoms in total. The van der Waals surface area contributed by atoms with E-state index in [2.05, 4.69) is 15.3 Å². The van der Waals surface area contributed by atoms with Gasteiger partial charge in [-0.15, -0.1) is 0 Å². The first-order valence-corrected chi connectivity index (χ1v) is 7.81. The number of imidazole rings is 1. The largest absolute Gasteiger partial charge is 0.506 e. The van der Waals surface area contributed by atoms with Gasteiger partial charge in [-0.2, -0.15) is 0 Å². The highest BCUT2D eigenvalue weighted by molar-refractivity contribution is 5.78. The number of aromatic nitrogens is 3. The third-order valence-electron chi connectivity index (χ3n) is 3.82. The lowest BCUT2D eigenvalue weighted by Gasteiger charge is -2.13. The van der Waals surface area contributed by atoms with Crippen LogP contribution in [-0.4, -0.2) is 43.9 Å². The summed E-state index contributed by atoms with van der Waals surface area (Å²) in [6, 6.07) is 11.1. The van der Waals surface area contributed by atoms with E-state index in [1.54, 1.807) is 12.1 Å². The number of nitrogens with one attached hydrogen (secondary N) is 1. The SMILES string of the molecule is Cc1ccc(O)c(Cn2c(NCC(O)CN)nc3ccccc32)n1. The van der Waals surface area contributed by atoms with E-state index in [0.29, 0.717) is 24.7 Å². The molecule has 0 spiro atoms. The molecule has 0 saturated carbocycles. The molecule has 126 valence electrons. The Bertz CT molecular complexity index is 846. The van der Waals surface area contributed by atoms with Crippen LogP contribution in [-0.2, 0) is 6.54 Å². The molecule has 1 unspecified atom stereocenters. The molecule has 2 heterocycles. The van der Waals surface area contributed by atoms with Gasteiger partial charge in [-0.3, -0.25) is 4.98 Å². The molecule has 2 aromatic heterocycles. The van der Waals surface area contributed by atoms with Crippen LogP contribution in [0.15, 0.2) is 36.4 Å². The van der Waals surface area contributed by atoms with E-state index in [-0.39, 0.29) is 12.3 Å². The van der Waals surface area contributed by atoms with Gasteiger partial charge in [0, 0.05) is 18.8 Å². The maximum Gasteiger partial charge on any atom is 0.204 e. The molecular weight excluding hydrogens is 306 g/mol. The number of hydrogen-bond donors (Lipinski definition) is 4. The van der Waals surface area contributed by atoms with Gasteiger partial charge in [0.1, 0.15) is 11.4 Å². The van der Waals surface area contributed by atoms with Gasteiger partial charge in [-0.05, 0) is 31.2 Å². The normalized spacial score (nSPS) is 12.5. The molecule has 0 aliphatic heterocycles. The molecule has 24 heavy (non-hydrogen) atoms. The Morgan fingerprint density at radius 2 is 2.00 bits per heavy atom. The fraction of sp³-hybridized carbons (Fsp3) is 0.294.